The van der Waals surface area contributed by atoms with E-state index in [1.807, 2.05) is 12.1 Å². The Labute approximate surface area is 93.6 Å². The van der Waals surface area contributed by atoms with Crippen molar-refractivity contribution in [3.63, 3.8) is 0 Å². The molecule has 0 aliphatic carbocycles. The van der Waals surface area contributed by atoms with Crippen LogP contribution >= 0.6 is 11.6 Å². The van der Waals surface area contributed by atoms with Crippen molar-refractivity contribution < 1.29 is 9.94 Å². The molecule has 1 aromatic carbocycles. The van der Waals surface area contributed by atoms with Crippen molar-refractivity contribution >= 4 is 17.3 Å². The van der Waals surface area contributed by atoms with Gasteiger partial charge in [0.05, 0.1) is 5.71 Å². The predicted octanol–water partition coefficient (Wildman–Crippen LogP) is 3.02. The molecule has 80 valence electrons. The van der Waals surface area contributed by atoms with E-state index in [4.69, 9.17) is 21.5 Å². The largest absolute Gasteiger partial charge is 0.487 e. The second kappa shape index (κ2) is 5.41. The van der Waals surface area contributed by atoms with Gasteiger partial charge in [-0.25, -0.2) is 0 Å². The van der Waals surface area contributed by atoms with Crippen LogP contribution in [0.15, 0.2) is 41.0 Å². The molecular weight excluding hydrogens is 214 g/mol. The lowest BCUT2D eigenvalue weighted by atomic mass is 10.1. The lowest BCUT2D eigenvalue weighted by molar-refractivity contribution is 0.318. The molecule has 1 rings (SSSR count). The topological polar surface area (TPSA) is 41.8 Å². The van der Waals surface area contributed by atoms with Crippen molar-refractivity contribution in [2.24, 2.45) is 5.16 Å². The number of oxime groups is 1. The predicted molar refractivity (Wildman–Crippen MR) is 60.9 cm³/mol. The van der Waals surface area contributed by atoms with Crippen molar-refractivity contribution in [2.75, 3.05) is 6.61 Å². The summed E-state index contributed by atoms with van der Waals surface area (Å²) in [5.74, 6) is 0.620. The number of ether oxygens (including phenoxy) is 1. The molecule has 0 amide bonds. The molecule has 0 aromatic heterocycles. The molecule has 0 atom stereocenters. The van der Waals surface area contributed by atoms with Gasteiger partial charge in [0.15, 0.2) is 0 Å². The van der Waals surface area contributed by atoms with Crippen LogP contribution in [0.1, 0.15) is 12.5 Å². The number of hydrogen-bond donors (Lipinski definition) is 1. The minimum atomic E-state index is 0.233. The van der Waals surface area contributed by atoms with Crippen LogP contribution in [0.2, 0.25) is 0 Å². The molecule has 0 saturated heterocycles. The summed E-state index contributed by atoms with van der Waals surface area (Å²) in [4.78, 5) is 0. The van der Waals surface area contributed by atoms with Crippen LogP contribution in [-0.2, 0) is 0 Å². The minimum absolute atomic E-state index is 0.233. The van der Waals surface area contributed by atoms with E-state index >= 15 is 0 Å². The molecule has 0 aliphatic rings. The molecule has 0 bridgehead atoms. The van der Waals surface area contributed by atoms with Crippen molar-refractivity contribution in [1.82, 2.24) is 0 Å². The summed E-state index contributed by atoms with van der Waals surface area (Å²) in [5.41, 5.74) is 1.23. The highest BCUT2D eigenvalue weighted by Gasteiger charge is 2.06. The first kappa shape index (κ1) is 11.6. The normalized spacial score (nSPS) is 11.2. The van der Waals surface area contributed by atoms with Crippen LogP contribution in [0.25, 0.3) is 0 Å². The maximum absolute atomic E-state index is 8.68. The Hall–Kier alpha value is -1.48. The van der Waals surface area contributed by atoms with Crippen LogP contribution in [0, 0.1) is 0 Å². The monoisotopic (exact) mass is 225 g/mol. The summed E-state index contributed by atoms with van der Waals surface area (Å²) in [5, 5.41) is 12.2. The lowest BCUT2D eigenvalue weighted by Crippen LogP contribution is -2.03. The Morgan fingerprint density at radius 2 is 2.20 bits per heavy atom. The minimum Gasteiger partial charge on any atom is -0.487 e. The Morgan fingerprint density at radius 1 is 1.53 bits per heavy atom. The van der Waals surface area contributed by atoms with E-state index in [0.29, 0.717) is 16.5 Å². The fourth-order valence-electron chi connectivity index (χ4n) is 1.10. The molecule has 3 nitrogen and oxygen atoms in total. The van der Waals surface area contributed by atoms with E-state index in [9.17, 15) is 0 Å². The fourth-order valence-corrected chi connectivity index (χ4v) is 1.16. The summed E-state index contributed by atoms with van der Waals surface area (Å²) >= 11 is 5.59. The van der Waals surface area contributed by atoms with Crippen LogP contribution in [-0.4, -0.2) is 17.5 Å². The molecule has 4 heteroatoms. The average Bonchev–Trinajstić information content (AvgIpc) is 2.25. The summed E-state index contributed by atoms with van der Waals surface area (Å²) < 4.78 is 5.40. The average molecular weight is 226 g/mol. The van der Waals surface area contributed by atoms with Gasteiger partial charge in [-0.2, -0.15) is 0 Å². The Balaban J connectivity index is 2.91. The molecule has 0 spiro atoms. The second-order valence-corrected chi connectivity index (χ2v) is 3.52. The third-order valence-corrected chi connectivity index (χ3v) is 1.92. The zero-order chi connectivity index (χ0) is 11.3. The van der Waals surface area contributed by atoms with E-state index in [1.165, 1.54) is 0 Å². The van der Waals surface area contributed by atoms with E-state index in [-0.39, 0.29) is 6.61 Å². The zero-order valence-electron chi connectivity index (χ0n) is 8.40. The van der Waals surface area contributed by atoms with E-state index in [0.717, 1.165) is 5.56 Å². The van der Waals surface area contributed by atoms with Gasteiger partial charge >= 0.3 is 0 Å². The van der Waals surface area contributed by atoms with Gasteiger partial charge < -0.3 is 9.94 Å². The van der Waals surface area contributed by atoms with Crippen molar-refractivity contribution in [1.29, 1.82) is 0 Å². The first-order valence-corrected chi connectivity index (χ1v) is 4.77. The van der Waals surface area contributed by atoms with Gasteiger partial charge in [0, 0.05) is 10.6 Å². The molecule has 0 fully saturated rings. The highest BCUT2D eigenvalue weighted by Crippen LogP contribution is 2.19. The van der Waals surface area contributed by atoms with Crippen LogP contribution in [0.5, 0.6) is 5.75 Å². The van der Waals surface area contributed by atoms with Crippen LogP contribution in [0.4, 0.5) is 0 Å². The molecule has 15 heavy (non-hydrogen) atoms. The number of para-hydroxylation sites is 1. The second-order valence-electron chi connectivity index (χ2n) is 2.99. The SMILES string of the molecule is C=C(Cl)COc1ccccc1/C(C)=N/O. The molecule has 0 unspecified atom stereocenters. The quantitative estimate of drug-likeness (QED) is 0.486. The standard InChI is InChI=1S/C11H12ClNO2/c1-8(12)7-15-11-6-4-3-5-10(11)9(2)13-14/h3-6,14H,1,7H2,2H3/b13-9+. The Morgan fingerprint density at radius 3 is 2.80 bits per heavy atom. The first-order valence-electron chi connectivity index (χ1n) is 4.39. The van der Waals surface area contributed by atoms with Crippen LogP contribution in [0.3, 0.4) is 0 Å². The third kappa shape index (κ3) is 3.29. The smallest absolute Gasteiger partial charge is 0.129 e. The highest BCUT2D eigenvalue weighted by molar-refractivity contribution is 6.29. The van der Waals surface area contributed by atoms with Crippen molar-refractivity contribution in [2.45, 2.75) is 6.92 Å². The van der Waals surface area contributed by atoms with Gasteiger partial charge in [-0.3, -0.25) is 0 Å². The summed E-state index contributed by atoms with van der Waals surface area (Å²) in [6, 6.07) is 7.26. The number of nitrogens with zero attached hydrogens (tertiary/aromatic N) is 1. The zero-order valence-corrected chi connectivity index (χ0v) is 9.16. The van der Waals surface area contributed by atoms with Gasteiger partial charge in [0.2, 0.25) is 0 Å². The maximum atomic E-state index is 8.68. The number of benzene rings is 1. The van der Waals surface area contributed by atoms with E-state index < -0.39 is 0 Å². The fraction of sp³-hybridized carbons (Fsp3) is 0.182. The van der Waals surface area contributed by atoms with Crippen LogP contribution < -0.4 is 4.74 Å². The molecule has 1 N–H and O–H groups in total. The Bertz CT molecular complexity index is 388. The molecular formula is C11H12ClNO2. The number of hydrogen-bond acceptors (Lipinski definition) is 3. The molecule has 0 aliphatic heterocycles. The third-order valence-electron chi connectivity index (χ3n) is 1.81. The molecule has 1 aromatic rings. The highest BCUT2D eigenvalue weighted by atomic mass is 35.5. The summed E-state index contributed by atoms with van der Waals surface area (Å²) in [6.45, 7) is 5.45. The molecule has 0 saturated carbocycles. The Kier molecular flexibility index (Phi) is 4.18. The number of rotatable bonds is 4. The number of halogens is 1. The lowest BCUT2D eigenvalue weighted by Gasteiger charge is -2.09. The van der Waals surface area contributed by atoms with Gasteiger partial charge in [0.1, 0.15) is 12.4 Å². The van der Waals surface area contributed by atoms with Crippen molar-refractivity contribution in [3.8, 4) is 5.75 Å². The summed E-state index contributed by atoms with van der Waals surface area (Å²) in [6.07, 6.45) is 0. The van der Waals surface area contributed by atoms with Gasteiger partial charge in [-0.15, -0.1) is 0 Å². The van der Waals surface area contributed by atoms with Gasteiger partial charge in [0.25, 0.3) is 0 Å². The van der Waals surface area contributed by atoms with Gasteiger partial charge in [-0.1, -0.05) is 35.5 Å². The summed E-state index contributed by atoms with van der Waals surface area (Å²) in [7, 11) is 0. The maximum Gasteiger partial charge on any atom is 0.129 e. The van der Waals surface area contributed by atoms with Gasteiger partial charge in [-0.05, 0) is 19.1 Å². The van der Waals surface area contributed by atoms with E-state index in [2.05, 4.69) is 11.7 Å². The first-order chi connectivity index (χ1) is 7.15. The molecule has 0 heterocycles. The van der Waals surface area contributed by atoms with Crippen molar-refractivity contribution in [3.05, 3.63) is 41.4 Å². The molecule has 0 radical (unpaired) electrons. The van der Waals surface area contributed by atoms with E-state index in [1.54, 1.807) is 19.1 Å².